The molecule has 2 saturated heterocycles. The maximum absolute atomic E-state index is 10.9. The Labute approximate surface area is 129 Å². The molecule has 7 heteroatoms. The highest BCUT2D eigenvalue weighted by atomic mass is 16.6. The highest BCUT2D eigenvalue weighted by molar-refractivity contribution is 5.49. The van der Waals surface area contributed by atoms with Gasteiger partial charge < -0.3 is 14.4 Å². The number of nitro groups is 1. The van der Waals surface area contributed by atoms with Gasteiger partial charge in [0.2, 0.25) is 0 Å². The minimum absolute atomic E-state index is 0.0610. The number of aryl methyl sites for hydroxylation is 1. The molecular weight excluding hydrogens is 286 g/mol. The molecule has 0 bridgehead atoms. The molecule has 0 aromatic carbocycles. The summed E-state index contributed by atoms with van der Waals surface area (Å²) in [6.07, 6.45) is 3.20. The lowest BCUT2D eigenvalue weighted by Crippen LogP contribution is -2.57. The van der Waals surface area contributed by atoms with E-state index in [1.54, 1.807) is 13.0 Å². The number of ether oxygens (including phenoxy) is 2. The first kappa shape index (κ1) is 15.2. The van der Waals surface area contributed by atoms with Crippen LogP contribution in [0.15, 0.2) is 12.3 Å². The van der Waals surface area contributed by atoms with Gasteiger partial charge in [-0.1, -0.05) is 0 Å². The molecule has 0 N–H and O–H groups in total. The van der Waals surface area contributed by atoms with Gasteiger partial charge >= 0.3 is 0 Å². The van der Waals surface area contributed by atoms with Crippen molar-refractivity contribution in [2.75, 3.05) is 31.2 Å². The standard InChI is InChI=1S/C15H21N3O4/c1-11-7-14(16-8-13(11)18(19)20)17-9-12(2)22-15(10-17)3-5-21-6-4-15/h7-8,12H,3-6,9-10H2,1-2H3/t12-/m1/s1. The normalized spacial score (nSPS) is 24.5. The first-order chi connectivity index (χ1) is 10.5. The fourth-order valence-electron chi connectivity index (χ4n) is 3.32. The maximum atomic E-state index is 10.9. The number of aromatic nitrogens is 1. The van der Waals surface area contributed by atoms with E-state index in [1.807, 2.05) is 0 Å². The lowest BCUT2D eigenvalue weighted by atomic mass is 9.91. The number of hydrogen-bond donors (Lipinski definition) is 0. The van der Waals surface area contributed by atoms with E-state index >= 15 is 0 Å². The minimum Gasteiger partial charge on any atom is -0.381 e. The van der Waals surface area contributed by atoms with E-state index in [-0.39, 0.29) is 17.4 Å². The molecule has 1 atom stereocenters. The lowest BCUT2D eigenvalue weighted by Gasteiger charge is -2.47. The van der Waals surface area contributed by atoms with Crippen LogP contribution >= 0.6 is 0 Å². The molecule has 3 heterocycles. The molecule has 1 aromatic rings. The summed E-state index contributed by atoms with van der Waals surface area (Å²) in [4.78, 5) is 17.0. The summed E-state index contributed by atoms with van der Waals surface area (Å²) in [6.45, 7) is 6.73. The number of nitrogens with zero attached hydrogens (tertiary/aromatic N) is 3. The van der Waals surface area contributed by atoms with E-state index in [9.17, 15) is 10.1 Å². The minimum atomic E-state index is -0.395. The second-order valence-electron chi connectivity index (χ2n) is 6.19. The van der Waals surface area contributed by atoms with E-state index in [2.05, 4.69) is 16.8 Å². The molecule has 2 fully saturated rings. The first-order valence-electron chi connectivity index (χ1n) is 7.61. The van der Waals surface area contributed by atoms with Gasteiger partial charge in [-0.25, -0.2) is 4.98 Å². The van der Waals surface area contributed by atoms with Gasteiger partial charge in [0.25, 0.3) is 5.69 Å². The van der Waals surface area contributed by atoms with E-state index in [0.717, 1.165) is 31.7 Å². The van der Waals surface area contributed by atoms with Gasteiger partial charge in [-0.05, 0) is 19.9 Å². The van der Waals surface area contributed by atoms with Crippen LogP contribution in [0.25, 0.3) is 0 Å². The predicted octanol–water partition coefficient (Wildman–Crippen LogP) is 2.07. The van der Waals surface area contributed by atoms with Crippen LogP contribution in [0.1, 0.15) is 25.3 Å². The Kier molecular flexibility index (Phi) is 4.01. The number of rotatable bonds is 2. The van der Waals surface area contributed by atoms with E-state index < -0.39 is 4.92 Å². The molecule has 7 nitrogen and oxygen atoms in total. The van der Waals surface area contributed by atoms with Crippen molar-refractivity contribution in [3.05, 3.63) is 27.9 Å². The SMILES string of the molecule is Cc1cc(N2C[C@@H](C)OC3(CCOCC3)C2)ncc1[N+](=O)[O-]. The number of pyridine rings is 1. The number of hydrogen-bond acceptors (Lipinski definition) is 6. The maximum Gasteiger partial charge on any atom is 0.290 e. The van der Waals surface area contributed by atoms with E-state index in [4.69, 9.17) is 9.47 Å². The summed E-state index contributed by atoms with van der Waals surface area (Å²) in [5.41, 5.74) is 0.508. The third-order valence-electron chi connectivity index (χ3n) is 4.40. The Morgan fingerprint density at radius 1 is 1.45 bits per heavy atom. The molecule has 0 unspecified atom stereocenters. The zero-order valence-electron chi connectivity index (χ0n) is 12.9. The van der Waals surface area contributed by atoms with Gasteiger partial charge in [0.05, 0.1) is 16.6 Å². The molecule has 0 saturated carbocycles. The molecule has 0 aliphatic carbocycles. The summed E-state index contributed by atoms with van der Waals surface area (Å²) in [5, 5.41) is 10.9. The first-order valence-corrected chi connectivity index (χ1v) is 7.61. The molecule has 2 aliphatic heterocycles. The molecule has 120 valence electrons. The van der Waals surface area contributed by atoms with Crippen LogP contribution < -0.4 is 4.90 Å². The van der Waals surface area contributed by atoms with Gasteiger partial charge in [-0.2, -0.15) is 0 Å². The largest absolute Gasteiger partial charge is 0.381 e. The third-order valence-corrected chi connectivity index (χ3v) is 4.40. The van der Waals surface area contributed by atoms with Gasteiger partial charge in [-0.3, -0.25) is 10.1 Å². The second-order valence-corrected chi connectivity index (χ2v) is 6.19. The van der Waals surface area contributed by atoms with Crippen LogP contribution in [0.4, 0.5) is 11.5 Å². The third kappa shape index (κ3) is 2.91. The zero-order valence-corrected chi connectivity index (χ0v) is 12.9. The van der Waals surface area contributed by atoms with Gasteiger partial charge in [0.1, 0.15) is 12.0 Å². The zero-order chi connectivity index (χ0) is 15.7. The van der Waals surface area contributed by atoms with Crippen molar-refractivity contribution in [2.24, 2.45) is 0 Å². The van der Waals surface area contributed by atoms with Crippen LogP contribution in [0.5, 0.6) is 0 Å². The summed E-state index contributed by atoms with van der Waals surface area (Å²) >= 11 is 0. The Balaban J connectivity index is 1.84. The van der Waals surface area contributed by atoms with Crippen molar-refractivity contribution in [3.63, 3.8) is 0 Å². The predicted molar refractivity (Wildman–Crippen MR) is 81.2 cm³/mol. The van der Waals surface area contributed by atoms with Crippen LogP contribution in [-0.2, 0) is 9.47 Å². The Hall–Kier alpha value is -1.73. The molecule has 1 aromatic heterocycles. The van der Waals surface area contributed by atoms with Crippen molar-refractivity contribution in [1.82, 2.24) is 4.98 Å². The molecule has 2 aliphatic rings. The van der Waals surface area contributed by atoms with Crippen LogP contribution in [0, 0.1) is 17.0 Å². The topological polar surface area (TPSA) is 77.7 Å². The highest BCUT2D eigenvalue weighted by Crippen LogP contribution is 2.33. The summed E-state index contributed by atoms with van der Waals surface area (Å²) < 4.78 is 11.6. The molecule has 22 heavy (non-hydrogen) atoms. The van der Waals surface area contributed by atoms with Crippen molar-refractivity contribution >= 4 is 11.5 Å². The molecule has 0 radical (unpaired) electrons. The second kappa shape index (κ2) is 5.81. The summed E-state index contributed by atoms with van der Waals surface area (Å²) in [6, 6.07) is 1.79. The van der Waals surface area contributed by atoms with Crippen molar-refractivity contribution in [1.29, 1.82) is 0 Å². The smallest absolute Gasteiger partial charge is 0.290 e. The Morgan fingerprint density at radius 2 is 2.18 bits per heavy atom. The molecule has 3 rings (SSSR count). The van der Waals surface area contributed by atoms with Crippen LogP contribution in [0.3, 0.4) is 0 Å². The Morgan fingerprint density at radius 3 is 2.82 bits per heavy atom. The average Bonchev–Trinajstić information content (AvgIpc) is 2.46. The van der Waals surface area contributed by atoms with Gasteiger partial charge in [0, 0.05) is 44.7 Å². The van der Waals surface area contributed by atoms with E-state index in [1.165, 1.54) is 6.20 Å². The lowest BCUT2D eigenvalue weighted by molar-refractivity contribution is -0.385. The van der Waals surface area contributed by atoms with Crippen molar-refractivity contribution in [3.8, 4) is 0 Å². The number of morpholine rings is 1. The highest BCUT2D eigenvalue weighted by Gasteiger charge is 2.41. The van der Waals surface area contributed by atoms with Gasteiger partial charge in [-0.15, -0.1) is 0 Å². The molecular formula is C15H21N3O4. The van der Waals surface area contributed by atoms with Crippen molar-refractivity contribution < 1.29 is 14.4 Å². The van der Waals surface area contributed by atoms with E-state index in [0.29, 0.717) is 18.8 Å². The monoisotopic (exact) mass is 307 g/mol. The van der Waals surface area contributed by atoms with Crippen molar-refractivity contribution in [2.45, 2.75) is 38.4 Å². The summed E-state index contributed by atoms with van der Waals surface area (Å²) in [5.74, 6) is 0.782. The quantitative estimate of drug-likeness (QED) is 0.615. The Bertz CT molecular complexity index is 572. The van der Waals surface area contributed by atoms with Gasteiger partial charge in [0.15, 0.2) is 0 Å². The number of anilines is 1. The summed E-state index contributed by atoms with van der Waals surface area (Å²) in [7, 11) is 0. The molecule has 1 spiro atoms. The van der Waals surface area contributed by atoms with Crippen LogP contribution in [0.2, 0.25) is 0 Å². The fourth-order valence-corrected chi connectivity index (χ4v) is 3.32. The fraction of sp³-hybridized carbons (Fsp3) is 0.667. The average molecular weight is 307 g/mol. The van der Waals surface area contributed by atoms with Crippen LogP contribution in [-0.4, -0.2) is 47.9 Å². The molecule has 0 amide bonds.